The summed E-state index contributed by atoms with van der Waals surface area (Å²) < 4.78 is 48.5. The number of carbonyl (C=O) groups is 1. The molecular weight excluding hydrogens is 375 g/mol. The van der Waals surface area contributed by atoms with Crippen LogP contribution in [-0.2, 0) is 11.0 Å². The molecule has 1 fully saturated rings. The van der Waals surface area contributed by atoms with Crippen LogP contribution in [0.25, 0.3) is 0 Å². The van der Waals surface area contributed by atoms with E-state index in [0.717, 1.165) is 12.3 Å². The number of amides is 1. The van der Waals surface area contributed by atoms with Crippen LogP contribution in [0, 0.1) is 5.92 Å². The number of anilines is 2. The molecule has 1 saturated heterocycles. The highest BCUT2D eigenvalue weighted by Gasteiger charge is 2.33. The van der Waals surface area contributed by atoms with E-state index in [1.54, 1.807) is 18.2 Å². The largest absolute Gasteiger partial charge is 0.454 e. The molecule has 1 aromatic heterocycles. The average molecular weight is 394 g/mol. The number of ether oxygens (including phenoxy) is 2. The lowest BCUT2D eigenvalue weighted by atomic mass is 9.95. The number of alkyl halides is 3. The third-order valence-corrected chi connectivity index (χ3v) is 4.97. The van der Waals surface area contributed by atoms with E-state index in [2.05, 4.69) is 10.3 Å². The van der Waals surface area contributed by atoms with E-state index in [1.807, 2.05) is 4.90 Å². The van der Waals surface area contributed by atoms with Crippen LogP contribution in [0.15, 0.2) is 36.5 Å². The molecule has 1 aromatic carbocycles. The SMILES string of the molecule is O=C(Nc1ccc2c(c1)OCO2)C1CCN(c2ccc(C(F)(F)F)c[nH+]2)CC1. The number of nitrogens with one attached hydrogen (secondary N) is 2. The minimum Gasteiger partial charge on any atom is -0.454 e. The molecule has 4 rings (SSSR count). The smallest absolute Gasteiger partial charge is 0.419 e. The van der Waals surface area contributed by atoms with Gasteiger partial charge in [-0.15, -0.1) is 0 Å². The maximum absolute atomic E-state index is 12.7. The summed E-state index contributed by atoms with van der Waals surface area (Å²) in [6.45, 7) is 1.34. The Balaban J connectivity index is 1.33. The van der Waals surface area contributed by atoms with Gasteiger partial charge in [0.25, 0.3) is 5.82 Å². The van der Waals surface area contributed by atoms with E-state index >= 15 is 0 Å². The number of hydrogen-bond donors (Lipinski definition) is 1. The van der Waals surface area contributed by atoms with Crippen LogP contribution in [0.2, 0.25) is 0 Å². The normalized spacial score (nSPS) is 16.9. The second-order valence-corrected chi connectivity index (χ2v) is 6.78. The van der Waals surface area contributed by atoms with Gasteiger partial charge in [-0.05, 0) is 31.0 Å². The number of H-pyrrole nitrogens is 1. The van der Waals surface area contributed by atoms with E-state index < -0.39 is 11.7 Å². The van der Waals surface area contributed by atoms with Gasteiger partial charge < -0.3 is 14.8 Å². The molecular formula is C19H19F3N3O3+. The van der Waals surface area contributed by atoms with Gasteiger partial charge in [-0.25, -0.2) is 4.98 Å². The van der Waals surface area contributed by atoms with Crippen molar-refractivity contribution < 1.29 is 32.4 Å². The fourth-order valence-electron chi connectivity index (χ4n) is 3.39. The van der Waals surface area contributed by atoms with Gasteiger partial charge in [0.2, 0.25) is 12.7 Å². The minimum atomic E-state index is -4.37. The number of hydrogen-bond acceptors (Lipinski definition) is 4. The highest BCUT2D eigenvalue weighted by molar-refractivity contribution is 5.93. The summed E-state index contributed by atoms with van der Waals surface area (Å²) in [5, 5.41) is 2.89. The van der Waals surface area contributed by atoms with Crippen molar-refractivity contribution in [3.8, 4) is 11.5 Å². The third-order valence-electron chi connectivity index (χ3n) is 4.97. The number of aromatic amines is 1. The Morgan fingerprint density at radius 1 is 1.11 bits per heavy atom. The number of rotatable bonds is 3. The molecule has 6 nitrogen and oxygen atoms in total. The lowest BCUT2D eigenvalue weighted by Crippen LogP contribution is -2.40. The van der Waals surface area contributed by atoms with Gasteiger partial charge in [0.15, 0.2) is 11.5 Å². The number of halogens is 3. The Kier molecular flexibility index (Phi) is 4.74. The molecule has 0 unspecified atom stereocenters. The third kappa shape index (κ3) is 3.83. The molecule has 3 heterocycles. The summed E-state index contributed by atoms with van der Waals surface area (Å²) >= 11 is 0. The van der Waals surface area contributed by atoms with Crippen LogP contribution >= 0.6 is 0 Å². The van der Waals surface area contributed by atoms with Crippen molar-refractivity contribution in [2.75, 3.05) is 30.1 Å². The molecule has 0 atom stereocenters. The van der Waals surface area contributed by atoms with E-state index in [0.29, 0.717) is 48.9 Å². The summed E-state index contributed by atoms with van der Waals surface area (Å²) in [6, 6.07) is 7.73. The van der Waals surface area contributed by atoms with Crippen LogP contribution in [-0.4, -0.2) is 25.8 Å². The number of nitrogens with zero attached hydrogens (tertiary/aromatic N) is 1. The van der Waals surface area contributed by atoms with E-state index in [-0.39, 0.29) is 18.6 Å². The zero-order valence-electron chi connectivity index (χ0n) is 14.9. The topological polar surface area (TPSA) is 64.9 Å². The number of carbonyl (C=O) groups excluding carboxylic acids is 1. The number of piperidine rings is 1. The maximum Gasteiger partial charge on any atom is 0.419 e. The summed E-state index contributed by atoms with van der Waals surface area (Å²) in [5.41, 5.74) is -0.0676. The van der Waals surface area contributed by atoms with Gasteiger partial charge in [-0.3, -0.25) is 9.69 Å². The number of pyridine rings is 1. The molecule has 2 aliphatic rings. The maximum atomic E-state index is 12.7. The summed E-state index contributed by atoms with van der Waals surface area (Å²) in [6.07, 6.45) is -2.17. The number of fused-ring (bicyclic) bond motifs is 1. The lowest BCUT2D eigenvalue weighted by Gasteiger charge is -2.27. The second kappa shape index (κ2) is 7.21. The number of aromatic nitrogens is 1. The molecule has 0 aliphatic carbocycles. The van der Waals surface area contributed by atoms with Gasteiger partial charge in [0.05, 0.1) is 18.7 Å². The van der Waals surface area contributed by atoms with E-state index in [9.17, 15) is 18.0 Å². The van der Waals surface area contributed by atoms with E-state index in [4.69, 9.17) is 9.47 Å². The Bertz CT molecular complexity index is 863. The van der Waals surface area contributed by atoms with Crippen molar-refractivity contribution in [2.45, 2.75) is 19.0 Å². The van der Waals surface area contributed by atoms with Crippen LogP contribution < -0.4 is 24.7 Å². The Hall–Kier alpha value is -2.97. The van der Waals surface area contributed by atoms with Gasteiger partial charge in [-0.2, -0.15) is 13.2 Å². The van der Waals surface area contributed by atoms with Gasteiger partial charge in [-0.1, -0.05) is 0 Å². The molecule has 0 spiro atoms. The summed E-state index contributed by atoms with van der Waals surface area (Å²) in [7, 11) is 0. The Labute approximate surface area is 159 Å². The molecule has 0 radical (unpaired) electrons. The molecule has 148 valence electrons. The predicted octanol–water partition coefficient (Wildman–Crippen LogP) is 3.10. The fraction of sp³-hybridized carbons (Fsp3) is 0.368. The lowest BCUT2D eigenvalue weighted by molar-refractivity contribution is -0.367. The quantitative estimate of drug-likeness (QED) is 0.869. The molecule has 9 heteroatoms. The molecule has 2 aliphatic heterocycles. The van der Waals surface area contributed by atoms with Crippen molar-refractivity contribution in [2.24, 2.45) is 5.92 Å². The summed E-state index contributed by atoms with van der Waals surface area (Å²) in [4.78, 5) is 17.2. The standard InChI is InChI=1S/C19H18F3N3O3/c20-19(21,22)13-1-4-17(23-10-13)25-7-5-12(6-8-25)18(26)24-14-2-3-15-16(9-14)28-11-27-15/h1-4,9-10,12H,5-8,11H2,(H,24,26)/p+1. The second-order valence-electron chi connectivity index (χ2n) is 6.78. The van der Waals surface area contributed by atoms with Crippen LogP contribution in [0.5, 0.6) is 11.5 Å². The molecule has 0 bridgehead atoms. The van der Waals surface area contributed by atoms with Crippen LogP contribution in [0.3, 0.4) is 0 Å². The Morgan fingerprint density at radius 2 is 1.86 bits per heavy atom. The molecule has 28 heavy (non-hydrogen) atoms. The highest BCUT2D eigenvalue weighted by atomic mass is 19.4. The molecule has 0 saturated carbocycles. The monoisotopic (exact) mass is 394 g/mol. The summed E-state index contributed by atoms with van der Waals surface area (Å²) in [5.74, 6) is 1.64. The molecule has 1 amide bonds. The highest BCUT2D eigenvalue weighted by Crippen LogP contribution is 2.34. The first-order valence-corrected chi connectivity index (χ1v) is 8.94. The number of benzene rings is 1. The van der Waals surface area contributed by atoms with E-state index in [1.165, 1.54) is 6.07 Å². The van der Waals surface area contributed by atoms with Crippen LogP contribution in [0.1, 0.15) is 18.4 Å². The zero-order chi connectivity index (χ0) is 19.7. The van der Waals surface area contributed by atoms with Crippen molar-refractivity contribution in [3.63, 3.8) is 0 Å². The molecule has 2 aromatic rings. The fourth-order valence-corrected chi connectivity index (χ4v) is 3.39. The Morgan fingerprint density at radius 3 is 2.54 bits per heavy atom. The van der Waals surface area contributed by atoms with Gasteiger partial charge in [0, 0.05) is 23.7 Å². The first-order chi connectivity index (χ1) is 13.4. The zero-order valence-corrected chi connectivity index (χ0v) is 14.9. The van der Waals surface area contributed by atoms with Gasteiger partial charge >= 0.3 is 6.18 Å². The van der Waals surface area contributed by atoms with Gasteiger partial charge in [0.1, 0.15) is 6.20 Å². The van der Waals surface area contributed by atoms with Crippen molar-refractivity contribution >= 4 is 17.4 Å². The first kappa shape index (κ1) is 18.4. The average Bonchev–Trinajstić information content (AvgIpc) is 3.15. The van der Waals surface area contributed by atoms with Crippen molar-refractivity contribution in [3.05, 3.63) is 42.1 Å². The van der Waals surface area contributed by atoms with Crippen molar-refractivity contribution in [1.82, 2.24) is 0 Å². The van der Waals surface area contributed by atoms with Crippen LogP contribution in [0.4, 0.5) is 24.7 Å². The minimum absolute atomic E-state index is 0.0742. The van der Waals surface area contributed by atoms with Crippen molar-refractivity contribution in [1.29, 1.82) is 0 Å². The molecule has 2 N–H and O–H groups in total. The first-order valence-electron chi connectivity index (χ1n) is 8.94. The predicted molar refractivity (Wildman–Crippen MR) is 94.1 cm³/mol.